The summed E-state index contributed by atoms with van der Waals surface area (Å²) in [4.78, 5) is 32.4. The number of carbonyl (C=O) groups is 2. The molecule has 0 bridgehead atoms. The summed E-state index contributed by atoms with van der Waals surface area (Å²) in [6, 6.07) is 16.0. The fraction of sp³-hybridized carbons (Fsp3) is 0.533. The molecule has 2 aliphatic rings. The average molecular weight is 560 g/mol. The molecule has 8 heteroatoms. The summed E-state index contributed by atoms with van der Waals surface area (Å²) in [6.07, 6.45) is 6.04. The average Bonchev–Trinajstić information content (AvgIpc) is 2.90. The summed E-state index contributed by atoms with van der Waals surface area (Å²) in [5, 5.41) is 3.10. The van der Waals surface area contributed by atoms with Gasteiger partial charge in [0, 0.05) is 31.1 Å². The van der Waals surface area contributed by atoms with E-state index in [0.717, 1.165) is 44.0 Å². The molecule has 0 aliphatic carbocycles. The van der Waals surface area contributed by atoms with Gasteiger partial charge in [-0.2, -0.15) is 0 Å². The van der Waals surface area contributed by atoms with Crippen molar-refractivity contribution in [3.8, 4) is 11.5 Å². The fourth-order valence-corrected chi connectivity index (χ4v) is 5.83. The lowest BCUT2D eigenvalue weighted by molar-refractivity contribution is -0.161. The van der Waals surface area contributed by atoms with Crippen LogP contribution in [0.2, 0.25) is 0 Å². The van der Waals surface area contributed by atoms with Crippen LogP contribution in [0.1, 0.15) is 58.4 Å². The number of ether oxygens (including phenoxy) is 1. The SMILES string of the molecule is CCCCN1C(=O)[C@H](CC(C)C)NC(=O)C12CCN(Cc1ccc(Oc3ccc(SC)cc3)cc1)CC2.Cl. The van der Waals surface area contributed by atoms with Crippen LogP contribution in [-0.2, 0) is 16.1 Å². The van der Waals surface area contributed by atoms with Crippen molar-refractivity contribution in [2.45, 2.75) is 75.9 Å². The summed E-state index contributed by atoms with van der Waals surface area (Å²) >= 11 is 1.71. The molecule has 38 heavy (non-hydrogen) atoms. The van der Waals surface area contributed by atoms with Gasteiger partial charge in [0.05, 0.1) is 0 Å². The zero-order chi connectivity index (χ0) is 26.4. The Labute approximate surface area is 238 Å². The molecule has 2 heterocycles. The minimum absolute atomic E-state index is 0. The number of rotatable bonds is 10. The van der Waals surface area contributed by atoms with E-state index in [1.54, 1.807) is 11.8 Å². The lowest BCUT2D eigenvalue weighted by Crippen LogP contribution is -2.73. The highest BCUT2D eigenvalue weighted by atomic mass is 35.5. The van der Waals surface area contributed by atoms with Crippen molar-refractivity contribution in [2.24, 2.45) is 5.92 Å². The molecule has 1 N–H and O–H groups in total. The number of piperidine rings is 1. The Morgan fingerprint density at radius 3 is 2.18 bits per heavy atom. The van der Waals surface area contributed by atoms with Crippen molar-refractivity contribution in [3.05, 3.63) is 54.1 Å². The number of hydrogen-bond acceptors (Lipinski definition) is 5. The van der Waals surface area contributed by atoms with Crippen LogP contribution in [0.3, 0.4) is 0 Å². The molecule has 2 aromatic carbocycles. The van der Waals surface area contributed by atoms with Crippen LogP contribution in [0.15, 0.2) is 53.4 Å². The van der Waals surface area contributed by atoms with Gasteiger partial charge in [0.2, 0.25) is 11.8 Å². The summed E-state index contributed by atoms with van der Waals surface area (Å²) in [6.45, 7) is 9.39. The van der Waals surface area contributed by atoms with Crippen molar-refractivity contribution in [1.29, 1.82) is 0 Å². The van der Waals surface area contributed by atoms with Crippen LogP contribution < -0.4 is 10.1 Å². The Hall–Kier alpha value is -2.22. The van der Waals surface area contributed by atoms with E-state index < -0.39 is 11.6 Å². The molecule has 2 fully saturated rings. The van der Waals surface area contributed by atoms with Crippen molar-refractivity contribution in [1.82, 2.24) is 15.1 Å². The minimum atomic E-state index is -0.709. The number of unbranched alkanes of at least 4 members (excludes halogenated alkanes) is 1. The second kappa shape index (κ2) is 13.7. The lowest BCUT2D eigenvalue weighted by Gasteiger charge is -2.52. The molecule has 4 rings (SSSR count). The number of hydrogen-bond donors (Lipinski definition) is 1. The first-order valence-electron chi connectivity index (χ1n) is 13.6. The lowest BCUT2D eigenvalue weighted by atomic mass is 9.80. The highest BCUT2D eigenvalue weighted by Gasteiger charge is 2.53. The Kier molecular flexibility index (Phi) is 10.9. The van der Waals surface area contributed by atoms with E-state index in [1.807, 2.05) is 29.2 Å². The molecule has 0 saturated carbocycles. The van der Waals surface area contributed by atoms with Gasteiger partial charge in [0.25, 0.3) is 0 Å². The number of piperazine rings is 1. The molecule has 2 amide bonds. The van der Waals surface area contributed by atoms with Gasteiger partial charge in [-0.25, -0.2) is 0 Å². The molecule has 2 saturated heterocycles. The van der Waals surface area contributed by atoms with E-state index in [2.05, 4.69) is 61.5 Å². The fourth-order valence-electron chi connectivity index (χ4n) is 5.43. The van der Waals surface area contributed by atoms with Crippen molar-refractivity contribution in [3.63, 3.8) is 0 Å². The zero-order valence-corrected chi connectivity index (χ0v) is 24.7. The normalized spacial score (nSPS) is 19.4. The molecule has 0 aromatic heterocycles. The largest absolute Gasteiger partial charge is 0.457 e. The molecule has 0 unspecified atom stereocenters. The third-order valence-corrected chi connectivity index (χ3v) is 8.30. The maximum Gasteiger partial charge on any atom is 0.246 e. The first-order valence-corrected chi connectivity index (χ1v) is 14.8. The number of benzene rings is 2. The van der Waals surface area contributed by atoms with Gasteiger partial charge in [0.1, 0.15) is 23.1 Å². The number of likely N-dealkylation sites (tertiary alicyclic amines) is 1. The number of carbonyl (C=O) groups excluding carboxylic acids is 2. The third kappa shape index (κ3) is 7.04. The highest BCUT2D eigenvalue weighted by molar-refractivity contribution is 7.98. The molecule has 6 nitrogen and oxygen atoms in total. The minimum Gasteiger partial charge on any atom is -0.457 e. The summed E-state index contributed by atoms with van der Waals surface area (Å²) in [5.74, 6) is 2.15. The standard InChI is InChI=1S/C30H41N3O3S.ClH/c1-5-6-17-33-28(34)27(20-22(2)3)31-29(35)30(33)15-18-32(19-16-30)21-23-7-9-24(10-8-23)36-25-11-13-26(37-4)14-12-25;/h7-14,22,27H,5-6,15-21H2,1-4H3,(H,31,35);1H/t27-;/m0./s1. The third-order valence-electron chi connectivity index (χ3n) is 7.56. The predicted molar refractivity (Wildman–Crippen MR) is 157 cm³/mol. The molecular formula is C30H42ClN3O3S. The predicted octanol–water partition coefficient (Wildman–Crippen LogP) is 6.13. The molecule has 0 radical (unpaired) electrons. The maximum absolute atomic E-state index is 13.4. The van der Waals surface area contributed by atoms with Crippen LogP contribution in [0.4, 0.5) is 0 Å². The second-order valence-corrected chi connectivity index (χ2v) is 11.6. The van der Waals surface area contributed by atoms with Gasteiger partial charge in [0.15, 0.2) is 0 Å². The summed E-state index contributed by atoms with van der Waals surface area (Å²) < 4.78 is 5.99. The van der Waals surface area contributed by atoms with Gasteiger partial charge in [-0.05, 0) is 79.8 Å². The smallest absolute Gasteiger partial charge is 0.246 e. The molecule has 1 atom stereocenters. The monoisotopic (exact) mass is 559 g/mol. The van der Waals surface area contributed by atoms with Crippen LogP contribution >= 0.6 is 24.2 Å². The van der Waals surface area contributed by atoms with Crippen molar-refractivity contribution >= 4 is 36.0 Å². The Morgan fingerprint density at radius 1 is 1.03 bits per heavy atom. The van der Waals surface area contributed by atoms with E-state index in [1.165, 1.54) is 10.5 Å². The summed E-state index contributed by atoms with van der Waals surface area (Å²) in [7, 11) is 0. The number of nitrogens with one attached hydrogen (secondary N) is 1. The Morgan fingerprint density at radius 2 is 1.63 bits per heavy atom. The van der Waals surface area contributed by atoms with Crippen LogP contribution in [0.5, 0.6) is 11.5 Å². The van der Waals surface area contributed by atoms with Crippen LogP contribution in [0, 0.1) is 5.92 Å². The number of amides is 2. The zero-order valence-electron chi connectivity index (χ0n) is 23.1. The van der Waals surface area contributed by atoms with E-state index in [9.17, 15) is 9.59 Å². The molecule has 2 aliphatic heterocycles. The van der Waals surface area contributed by atoms with E-state index >= 15 is 0 Å². The highest BCUT2D eigenvalue weighted by Crippen LogP contribution is 2.35. The van der Waals surface area contributed by atoms with Crippen molar-refractivity contribution in [2.75, 3.05) is 25.9 Å². The maximum atomic E-state index is 13.4. The Bertz CT molecular complexity index is 1050. The van der Waals surface area contributed by atoms with Crippen LogP contribution in [-0.4, -0.2) is 59.1 Å². The van der Waals surface area contributed by atoms with Gasteiger partial charge >= 0.3 is 0 Å². The Balaban J connectivity index is 0.00000400. The topological polar surface area (TPSA) is 61.9 Å². The van der Waals surface area contributed by atoms with Crippen LogP contribution in [0.25, 0.3) is 0 Å². The van der Waals surface area contributed by atoms with E-state index in [-0.39, 0.29) is 24.2 Å². The molecule has 208 valence electrons. The quantitative estimate of drug-likeness (QED) is 0.355. The van der Waals surface area contributed by atoms with E-state index in [4.69, 9.17) is 4.74 Å². The van der Waals surface area contributed by atoms with Crippen molar-refractivity contribution < 1.29 is 14.3 Å². The first-order chi connectivity index (χ1) is 17.8. The summed E-state index contributed by atoms with van der Waals surface area (Å²) in [5.41, 5.74) is 0.504. The van der Waals surface area contributed by atoms with Gasteiger partial charge in [-0.1, -0.05) is 39.3 Å². The first kappa shape index (κ1) is 30.3. The number of halogens is 1. The van der Waals surface area contributed by atoms with E-state index in [0.29, 0.717) is 31.7 Å². The van der Waals surface area contributed by atoms with Gasteiger partial charge in [-0.3, -0.25) is 14.5 Å². The number of thioether (sulfide) groups is 1. The van der Waals surface area contributed by atoms with Gasteiger partial charge in [-0.15, -0.1) is 24.2 Å². The van der Waals surface area contributed by atoms with Gasteiger partial charge < -0.3 is 15.0 Å². The number of nitrogens with zero attached hydrogens (tertiary/aromatic N) is 2. The second-order valence-electron chi connectivity index (χ2n) is 10.7. The molecule has 2 aromatic rings. The molecule has 1 spiro atoms. The molecular weight excluding hydrogens is 518 g/mol.